The van der Waals surface area contributed by atoms with Crippen LogP contribution in [-0.2, 0) is 13.1 Å². The summed E-state index contributed by atoms with van der Waals surface area (Å²) >= 11 is 6.33. The molecule has 0 saturated heterocycles. The third-order valence-corrected chi connectivity index (χ3v) is 5.12. The van der Waals surface area contributed by atoms with Gasteiger partial charge in [-0.3, -0.25) is 9.69 Å². The number of fused-ring (bicyclic) bond motifs is 3. The molecule has 1 atom stereocenters. The van der Waals surface area contributed by atoms with Gasteiger partial charge in [0.05, 0.1) is 6.04 Å². The van der Waals surface area contributed by atoms with Gasteiger partial charge in [0.25, 0.3) is 5.56 Å². The van der Waals surface area contributed by atoms with Crippen LogP contribution in [0.3, 0.4) is 0 Å². The number of rotatable bonds is 2. The van der Waals surface area contributed by atoms with Gasteiger partial charge in [0.2, 0.25) is 0 Å². The molecule has 0 saturated carbocycles. The van der Waals surface area contributed by atoms with Crippen molar-refractivity contribution in [1.29, 1.82) is 0 Å². The van der Waals surface area contributed by atoms with E-state index in [0.29, 0.717) is 0 Å². The van der Waals surface area contributed by atoms with Crippen LogP contribution < -0.4 is 5.56 Å². The molecule has 0 radical (unpaired) electrons. The van der Waals surface area contributed by atoms with Gasteiger partial charge >= 0.3 is 0 Å². The number of hydrogen-bond acceptors (Lipinski definition) is 3. The lowest BCUT2D eigenvalue weighted by Crippen LogP contribution is -2.36. The van der Waals surface area contributed by atoms with Gasteiger partial charge in [0.1, 0.15) is 5.82 Å². The van der Waals surface area contributed by atoms with Gasteiger partial charge in [-0.1, -0.05) is 17.7 Å². The number of nitrogens with zero attached hydrogens (tertiary/aromatic N) is 3. The van der Waals surface area contributed by atoms with Crippen molar-refractivity contribution >= 4 is 22.5 Å². The Labute approximate surface area is 144 Å². The molecule has 3 aromatic rings. The lowest BCUT2D eigenvalue weighted by atomic mass is 10.2. The van der Waals surface area contributed by atoms with Crippen molar-refractivity contribution in [2.75, 3.05) is 6.54 Å². The average molecular weight is 343 g/mol. The molecule has 0 amide bonds. The number of H-pyrrole nitrogens is 1. The molecule has 0 spiro atoms. The SMILES string of the molecule is Cc1cc(=O)[nH]c(C(C)N2CCn3c(cc4c(Cl)cccc43)C2)n1. The van der Waals surface area contributed by atoms with E-state index in [1.165, 1.54) is 17.3 Å². The molecule has 1 aliphatic rings. The molecule has 1 N–H and O–H groups in total. The highest BCUT2D eigenvalue weighted by atomic mass is 35.5. The normalized spacial score (nSPS) is 16.3. The zero-order valence-electron chi connectivity index (χ0n) is 13.7. The average Bonchev–Trinajstić information content (AvgIpc) is 2.92. The fourth-order valence-corrected chi connectivity index (χ4v) is 3.74. The summed E-state index contributed by atoms with van der Waals surface area (Å²) in [4.78, 5) is 21.4. The van der Waals surface area contributed by atoms with Crippen LogP contribution in [0.2, 0.25) is 5.02 Å². The predicted octanol–water partition coefficient (Wildman–Crippen LogP) is 3.26. The van der Waals surface area contributed by atoms with Crippen LogP contribution in [0.4, 0.5) is 0 Å². The first-order chi connectivity index (χ1) is 11.5. The summed E-state index contributed by atoms with van der Waals surface area (Å²) in [6, 6.07) is 9.78. The highest BCUT2D eigenvalue weighted by Gasteiger charge is 2.25. The van der Waals surface area contributed by atoms with Gasteiger partial charge in [-0.05, 0) is 32.0 Å². The third kappa shape index (κ3) is 2.54. The molecule has 5 nitrogen and oxygen atoms in total. The van der Waals surface area contributed by atoms with E-state index in [-0.39, 0.29) is 11.6 Å². The fraction of sp³-hybridized carbons (Fsp3) is 0.333. The Kier molecular flexibility index (Phi) is 3.70. The maximum Gasteiger partial charge on any atom is 0.251 e. The van der Waals surface area contributed by atoms with Crippen molar-refractivity contribution in [3.63, 3.8) is 0 Å². The summed E-state index contributed by atoms with van der Waals surface area (Å²) < 4.78 is 2.33. The van der Waals surface area contributed by atoms with Crippen molar-refractivity contribution in [2.24, 2.45) is 0 Å². The minimum absolute atomic E-state index is 0.0554. The Morgan fingerprint density at radius 3 is 2.92 bits per heavy atom. The topological polar surface area (TPSA) is 53.9 Å². The predicted molar refractivity (Wildman–Crippen MR) is 95.4 cm³/mol. The molecule has 24 heavy (non-hydrogen) atoms. The summed E-state index contributed by atoms with van der Waals surface area (Å²) in [6.45, 7) is 6.55. The summed E-state index contributed by atoms with van der Waals surface area (Å²) in [5.41, 5.74) is 3.08. The standard InChI is InChI=1S/C18H19ClN4O/c1-11-8-17(24)21-18(20-11)12(2)22-6-7-23-13(10-22)9-14-15(19)4-3-5-16(14)23/h3-5,8-9,12H,6-7,10H2,1-2H3,(H,20,21,24). The van der Waals surface area contributed by atoms with Gasteiger partial charge in [0.15, 0.2) is 0 Å². The zero-order valence-corrected chi connectivity index (χ0v) is 14.5. The summed E-state index contributed by atoms with van der Waals surface area (Å²) in [5, 5.41) is 1.89. The number of nitrogens with one attached hydrogen (secondary N) is 1. The number of halogens is 1. The molecule has 1 aliphatic heterocycles. The Morgan fingerprint density at radius 1 is 1.29 bits per heavy atom. The van der Waals surface area contributed by atoms with Gasteiger partial charge < -0.3 is 9.55 Å². The van der Waals surface area contributed by atoms with E-state index in [4.69, 9.17) is 11.6 Å². The van der Waals surface area contributed by atoms with Crippen LogP contribution >= 0.6 is 11.6 Å². The smallest absolute Gasteiger partial charge is 0.251 e. The Hall–Kier alpha value is -2.11. The molecule has 124 valence electrons. The monoisotopic (exact) mass is 342 g/mol. The Morgan fingerprint density at radius 2 is 2.12 bits per heavy atom. The second kappa shape index (κ2) is 5.76. The quantitative estimate of drug-likeness (QED) is 0.777. The number of aromatic nitrogens is 3. The molecule has 1 unspecified atom stereocenters. The molecule has 6 heteroatoms. The Bertz CT molecular complexity index is 975. The number of aryl methyl sites for hydroxylation is 1. The maximum atomic E-state index is 11.7. The van der Waals surface area contributed by atoms with Gasteiger partial charge in [-0.2, -0.15) is 0 Å². The highest BCUT2D eigenvalue weighted by molar-refractivity contribution is 6.35. The van der Waals surface area contributed by atoms with E-state index in [2.05, 4.69) is 38.5 Å². The summed E-state index contributed by atoms with van der Waals surface area (Å²) in [5.74, 6) is 0.725. The van der Waals surface area contributed by atoms with Crippen LogP contribution in [0.5, 0.6) is 0 Å². The number of benzene rings is 1. The minimum atomic E-state index is -0.0951. The molecular weight excluding hydrogens is 324 g/mol. The lowest BCUT2D eigenvalue weighted by molar-refractivity contribution is 0.162. The highest BCUT2D eigenvalue weighted by Crippen LogP contribution is 2.31. The Balaban J connectivity index is 1.67. The largest absolute Gasteiger partial charge is 0.342 e. The molecule has 2 aromatic heterocycles. The molecule has 0 fully saturated rings. The second-order valence-electron chi connectivity index (χ2n) is 6.38. The van der Waals surface area contributed by atoms with Crippen LogP contribution in [0.15, 0.2) is 35.1 Å². The van der Waals surface area contributed by atoms with Gasteiger partial charge in [-0.15, -0.1) is 0 Å². The van der Waals surface area contributed by atoms with Crippen molar-refractivity contribution in [2.45, 2.75) is 33.0 Å². The van der Waals surface area contributed by atoms with Crippen LogP contribution in [-0.4, -0.2) is 26.0 Å². The lowest BCUT2D eigenvalue weighted by Gasteiger charge is -2.33. The number of aromatic amines is 1. The minimum Gasteiger partial charge on any atom is -0.342 e. The van der Waals surface area contributed by atoms with E-state index in [1.807, 2.05) is 19.1 Å². The first-order valence-corrected chi connectivity index (χ1v) is 8.49. The zero-order chi connectivity index (χ0) is 16.8. The van der Waals surface area contributed by atoms with E-state index in [1.54, 1.807) is 0 Å². The fourth-order valence-electron chi connectivity index (χ4n) is 3.52. The maximum absolute atomic E-state index is 11.7. The van der Waals surface area contributed by atoms with E-state index >= 15 is 0 Å². The van der Waals surface area contributed by atoms with Crippen molar-refractivity contribution < 1.29 is 0 Å². The van der Waals surface area contributed by atoms with Gasteiger partial charge in [0, 0.05) is 53.0 Å². The van der Waals surface area contributed by atoms with E-state index in [9.17, 15) is 4.79 Å². The van der Waals surface area contributed by atoms with Crippen molar-refractivity contribution in [3.05, 3.63) is 62.9 Å². The van der Waals surface area contributed by atoms with Crippen molar-refractivity contribution in [3.8, 4) is 0 Å². The van der Waals surface area contributed by atoms with Gasteiger partial charge in [-0.25, -0.2) is 4.98 Å². The van der Waals surface area contributed by atoms with E-state index < -0.39 is 0 Å². The molecular formula is C18H19ClN4O. The number of hydrogen-bond donors (Lipinski definition) is 1. The second-order valence-corrected chi connectivity index (χ2v) is 6.79. The van der Waals surface area contributed by atoms with E-state index in [0.717, 1.165) is 41.6 Å². The van der Waals surface area contributed by atoms with Crippen LogP contribution in [0.25, 0.3) is 10.9 Å². The molecule has 1 aromatic carbocycles. The van der Waals surface area contributed by atoms with Crippen molar-refractivity contribution in [1.82, 2.24) is 19.4 Å². The molecule has 0 bridgehead atoms. The van der Waals surface area contributed by atoms with Crippen LogP contribution in [0, 0.1) is 6.92 Å². The third-order valence-electron chi connectivity index (χ3n) is 4.79. The first-order valence-electron chi connectivity index (χ1n) is 8.11. The molecule has 4 rings (SSSR count). The summed E-state index contributed by atoms with van der Waals surface area (Å²) in [6.07, 6.45) is 0. The molecule has 0 aliphatic carbocycles. The molecule has 3 heterocycles. The first kappa shape index (κ1) is 15.4. The summed E-state index contributed by atoms with van der Waals surface area (Å²) in [7, 11) is 0. The van der Waals surface area contributed by atoms with Crippen LogP contribution in [0.1, 0.15) is 30.2 Å².